The van der Waals surface area contributed by atoms with Crippen LogP contribution < -0.4 is 10.1 Å². The fourth-order valence-corrected chi connectivity index (χ4v) is 3.03. The van der Waals surface area contributed by atoms with E-state index in [1.807, 2.05) is 24.1 Å². The highest BCUT2D eigenvalue weighted by Gasteiger charge is 2.23. The highest BCUT2D eigenvalue weighted by Crippen LogP contribution is 2.24. The lowest BCUT2D eigenvalue weighted by atomic mass is 9.96. The third-order valence-corrected chi connectivity index (χ3v) is 4.28. The van der Waals surface area contributed by atoms with Crippen LogP contribution in [0.15, 0.2) is 18.2 Å². The van der Waals surface area contributed by atoms with Gasteiger partial charge in [0.1, 0.15) is 5.75 Å². The van der Waals surface area contributed by atoms with Crippen molar-refractivity contribution in [3.05, 3.63) is 28.8 Å². The lowest BCUT2D eigenvalue weighted by molar-refractivity contribution is -0.131. The van der Waals surface area contributed by atoms with Crippen LogP contribution in [-0.2, 0) is 11.2 Å². The van der Waals surface area contributed by atoms with Gasteiger partial charge in [0.15, 0.2) is 0 Å². The van der Waals surface area contributed by atoms with Crippen LogP contribution in [0.1, 0.15) is 18.4 Å². The van der Waals surface area contributed by atoms with E-state index in [0.717, 1.165) is 43.8 Å². The molecule has 1 amide bonds. The van der Waals surface area contributed by atoms with Gasteiger partial charge in [-0.1, -0.05) is 11.6 Å². The summed E-state index contributed by atoms with van der Waals surface area (Å²) in [6.07, 6.45) is 2.49. The molecule has 0 radical (unpaired) electrons. The Morgan fingerprint density at radius 1 is 1.43 bits per heavy atom. The van der Waals surface area contributed by atoms with Gasteiger partial charge in [0, 0.05) is 23.7 Å². The molecule has 4 nitrogen and oxygen atoms in total. The predicted octanol–water partition coefficient (Wildman–Crippen LogP) is 2.35. The number of carbonyl (C=O) groups excluding carboxylic acids is 1. The van der Waals surface area contributed by atoms with Gasteiger partial charge in [-0.3, -0.25) is 4.79 Å². The molecule has 0 unspecified atom stereocenters. The molecule has 2 rings (SSSR count). The van der Waals surface area contributed by atoms with Crippen LogP contribution in [0.2, 0.25) is 5.02 Å². The Labute approximate surface area is 131 Å². The van der Waals surface area contributed by atoms with E-state index in [1.54, 1.807) is 13.2 Å². The van der Waals surface area contributed by atoms with Gasteiger partial charge in [0.05, 0.1) is 13.5 Å². The van der Waals surface area contributed by atoms with E-state index in [9.17, 15) is 4.79 Å². The van der Waals surface area contributed by atoms with Crippen LogP contribution in [0.5, 0.6) is 5.75 Å². The number of methoxy groups -OCH3 is 1. The molecular formula is C16H23ClN2O2. The molecule has 0 bridgehead atoms. The van der Waals surface area contributed by atoms with E-state index in [2.05, 4.69) is 5.32 Å². The quantitative estimate of drug-likeness (QED) is 0.907. The number of ether oxygens (including phenoxy) is 1. The number of hydrogen-bond donors (Lipinski definition) is 1. The Balaban J connectivity index is 1.95. The van der Waals surface area contributed by atoms with E-state index < -0.39 is 0 Å². The van der Waals surface area contributed by atoms with Crippen molar-refractivity contribution in [2.45, 2.75) is 19.3 Å². The summed E-state index contributed by atoms with van der Waals surface area (Å²) in [6.45, 7) is 2.71. The van der Waals surface area contributed by atoms with Gasteiger partial charge in [0.2, 0.25) is 5.91 Å². The first-order valence-corrected chi connectivity index (χ1v) is 7.76. The first-order valence-electron chi connectivity index (χ1n) is 7.38. The van der Waals surface area contributed by atoms with Crippen molar-refractivity contribution in [1.82, 2.24) is 10.2 Å². The minimum absolute atomic E-state index is 0.151. The zero-order valence-corrected chi connectivity index (χ0v) is 13.4. The van der Waals surface area contributed by atoms with Gasteiger partial charge >= 0.3 is 0 Å². The van der Waals surface area contributed by atoms with Gasteiger partial charge < -0.3 is 15.0 Å². The van der Waals surface area contributed by atoms with Crippen LogP contribution in [0, 0.1) is 5.92 Å². The smallest absolute Gasteiger partial charge is 0.227 e. The SMILES string of the molecule is CNCC1CCN(C(=O)Cc2cc(Cl)ccc2OC)CC1. The molecule has 1 aromatic carbocycles. The number of rotatable bonds is 5. The van der Waals surface area contributed by atoms with Crippen LogP contribution in [0.4, 0.5) is 0 Å². The summed E-state index contributed by atoms with van der Waals surface area (Å²) >= 11 is 6.01. The number of halogens is 1. The Morgan fingerprint density at radius 2 is 2.14 bits per heavy atom. The minimum atomic E-state index is 0.151. The fourth-order valence-electron chi connectivity index (χ4n) is 2.84. The lowest BCUT2D eigenvalue weighted by Crippen LogP contribution is -2.41. The van der Waals surface area contributed by atoms with Crippen molar-refractivity contribution >= 4 is 17.5 Å². The van der Waals surface area contributed by atoms with E-state index in [4.69, 9.17) is 16.3 Å². The molecule has 0 saturated carbocycles. The van der Waals surface area contributed by atoms with Gasteiger partial charge in [0.25, 0.3) is 0 Å². The average Bonchev–Trinajstić information content (AvgIpc) is 2.48. The molecule has 0 aromatic heterocycles. The number of hydrogen-bond acceptors (Lipinski definition) is 3. The van der Waals surface area contributed by atoms with Gasteiger partial charge in [-0.15, -0.1) is 0 Å². The number of amides is 1. The van der Waals surface area contributed by atoms with Gasteiger partial charge in [-0.25, -0.2) is 0 Å². The normalized spacial score (nSPS) is 16.0. The molecule has 1 aliphatic rings. The second-order valence-corrected chi connectivity index (χ2v) is 5.95. The van der Waals surface area contributed by atoms with Crippen LogP contribution in [-0.4, -0.2) is 44.6 Å². The van der Waals surface area contributed by atoms with Crippen molar-refractivity contribution in [2.24, 2.45) is 5.92 Å². The molecule has 5 heteroatoms. The van der Waals surface area contributed by atoms with E-state index in [-0.39, 0.29) is 5.91 Å². The first kappa shape index (κ1) is 16.1. The fraction of sp³-hybridized carbons (Fsp3) is 0.562. The molecule has 1 saturated heterocycles. The molecular weight excluding hydrogens is 288 g/mol. The van der Waals surface area contributed by atoms with Crippen LogP contribution >= 0.6 is 11.6 Å². The Kier molecular flexibility index (Phi) is 5.88. The molecule has 1 heterocycles. The molecule has 21 heavy (non-hydrogen) atoms. The summed E-state index contributed by atoms with van der Waals surface area (Å²) in [5, 5.41) is 3.84. The zero-order valence-electron chi connectivity index (χ0n) is 12.7. The molecule has 1 aliphatic heterocycles. The molecule has 1 N–H and O–H groups in total. The zero-order chi connectivity index (χ0) is 15.2. The average molecular weight is 311 g/mol. The largest absolute Gasteiger partial charge is 0.496 e. The standard InChI is InChI=1S/C16H23ClN2O2/c1-18-11-12-5-7-19(8-6-12)16(20)10-13-9-14(17)3-4-15(13)21-2/h3-4,9,12,18H,5-8,10-11H2,1-2H3. The van der Waals surface area contributed by atoms with E-state index in [1.165, 1.54) is 0 Å². The third-order valence-electron chi connectivity index (χ3n) is 4.04. The summed E-state index contributed by atoms with van der Waals surface area (Å²) in [6, 6.07) is 5.40. The Morgan fingerprint density at radius 3 is 2.76 bits per heavy atom. The molecule has 0 atom stereocenters. The van der Waals surface area contributed by atoms with Crippen molar-refractivity contribution in [3.8, 4) is 5.75 Å². The first-order chi connectivity index (χ1) is 10.1. The second kappa shape index (κ2) is 7.66. The molecule has 0 spiro atoms. The summed E-state index contributed by atoms with van der Waals surface area (Å²) in [4.78, 5) is 14.4. The highest BCUT2D eigenvalue weighted by atomic mass is 35.5. The van der Waals surface area contributed by atoms with E-state index >= 15 is 0 Å². The number of benzene rings is 1. The van der Waals surface area contributed by atoms with Crippen LogP contribution in [0.25, 0.3) is 0 Å². The monoisotopic (exact) mass is 310 g/mol. The molecule has 0 aliphatic carbocycles. The maximum atomic E-state index is 12.4. The number of nitrogens with zero attached hydrogens (tertiary/aromatic N) is 1. The Hall–Kier alpha value is -1.26. The van der Waals surface area contributed by atoms with Crippen molar-refractivity contribution in [1.29, 1.82) is 0 Å². The maximum absolute atomic E-state index is 12.4. The van der Waals surface area contributed by atoms with Crippen molar-refractivity contribution in [3.63, 3.8) is 0 Å². The van der Waals surface area contributed by atoms with Crippen molar-refractivity contribution in [2.75, 3.05) is 33.8 Å². The van der Waals surface area contributed by atoms with Crippen LogP contribution in [0.3, 0.4) is 0 Å². The predicted molar refractivity (Wildman–Crippen MR) is 84.9 cm³/mol. The number of likely N-dealkylation sites (tertiary alicyclic amines) is 1. The summed E-state index contributed by atoms with van der Waals surface area (Å²) in [5.41, 5.74) is 0.854. The number of nitrogens with one attached hydrogen (secondary N) is 1. The second-order valence-electron chi connectivity index (χ2n) is 5.51. The minimum Gasteiger partial charge on any atom is -0.496 e. The molecule has 1 aromatic rings. The molecule has 1 fully saturated rings. The summed E-state index contributed by atoms with van der Waals surface area (Å²) < 4.78 is 5.30. The third kappa shape index (κ3) is 4.35. The lowest BCUT2D eigenvalue weighted by Gasteiger charge is -2.32. The maximum Gasteiger partial charge on any atom is 0.227 e. The summed E-state index contributed by atoms with van der Waals surface area (Å²) in [7, 11) is 3.59. The van der Waals surface area contributed by atoms with E-state index in [0.29, 0.717) is 17.4 Å². The topological polar surface area (TPSA) is 41.6 Å². The summed E-state index contributed by atoms with van der Waals surface area (Å²) in [5.74, 6) is 1.55. The number of carbonyl (C=O) groups is 1. The Bertz CT molecular complexity index is 485. The van der Waals surface area contributed by atoms with Gasteiger partial charge in [-0.2, -0.15) is 0 Å². The highest BCUT2D eigenvalue weighted by molar-refractivity contribution is 6.30. The molecule has 116 valence electrons. The number of piperidine rings is 1. The van der Waals surface area contributed by atoms with Crippen molar-refractivity contribution < 1.29 is 9.53 Å². The van der Waals surface area contributed by atoms with Gasteiger partial charge in [-0.05, 0) is 50.6 Å².